The zero-order valence-corrected chi connectivity index (χ0v) is 18.9. The number of carbonyl (C=O) groups excluding carboxylic acids is 1. The quantitative estimate of drug-likeness (QED) is 0.533. The number of likely N-dealkylation sites (N-methyl/N-ethyl adjacent to an activating group) is 2. The second-order valence-corrected chi connectivity index (χ2v) is 8.72. The average Bonchev–Trinajstić information content (AvgIpc) is 3.58. The molecular weight excluding hydrogens is 421 g/mol. The number of ketones is 1. The normalized spacial score (nSPS) is 24.4. The van der Waals surface area contributed by atoms with E-state index in [0.717, 1.165) is 36.5 Å². The number of rotatable bonds is 10. The molecule has 2 N–H and O–H groups in total. The van der Waals surface area contributed by atoms with Crippen molar-refractivity contribution in [3.63, 3.8) is 0 Å². The van der Waals surface area contributed by atoms with Gasteiger partial charge < -0.3 is 20.3 Å². The molecule has 2 atom stereocenters. The van der Waals surface area contributed by atoms with Crippen LogP contribution in [0.15, 0.2) is 52.1 Å². The number of aliphatic imine (C=N–C) groups is 1. The minimum absolute atomic E-state index is 0.0818. The van der Waals surface area contributed by atoms with E-state index in [1.165, 1.54) is 0 Å². The van der Waals surface area contributed by atoms with Gasteiger partial charge in [0.05, 0.1) is 6.04 Å². The molecule has 2 unspecified atom stereocenters. The van der Waals surface area contributed by atoms with E-state index in [2.05, 4.69) is 15.6 Å². The maximum Gasteiger partial charge on any atom is 0.275 e. The number of halogens is 3. The average molecular weight is 453 g/mol. The van der Waals surface area contributed by atoms with Crippen molar-refractivity contribution in [2.45, 2.75) is 44.8 Å². The van der Waals surface area contributed by atoms with Gasteiger partial charge >= 0.3 is 0 Å². The van der Waals surface area contributed by atoms with Gasteiger partial charge in [-0.1, -0.05) is 6.08 Å². The summed E-state index contributed by atoms with van der Waals surface area (Å²) in [4.78, 5) is 18.7. The Hall–Kier alpha value is -2.55. The zero-order valence-electron chi connectivity index (χ0n) is 18.9. The summed E-state index contributed by atoms with van der Waals surface area (Å²) in [5.41, 5.74) is 0.360. The molecule has 1 aliphatic carbocycles. The first kappa shape index (κ1) is 24.1. The maximum absolute atomic E-state index is 13.9. The molecule has 3 aliphatic rings. The number of alkyl halides is 3. The maximum atomic E-state index is 13.9. The molecule has 2 heterocycles. The Labute approximate surface area is 187 Å². The molecule has 0 aromatic carbocycles. The summed E-state index contributed by atoms with van der Waals surface area (Å²) in [7, 11) is 3.60. The Bertz CT molecular complexity index is 886. The van der Waals surface area contributed by atoms with Gasteiger partial charge in [0.2, 0.25) is 5.67 Å². The van der Waals surface area contributed by atoms with Crippen LogP contribution in [0.3, 0.4) is 0 Å². The molecule has 1 saturated carbocycles. The van der Waals surface area contributed by atoms with Gasteiger partial charge in [-0.2, -0.15) is 0 Å². The fourth-order valence-corrected chi connectivity index (χ4v) is 3.67. The van der Waals surface area contributed by atoms with Crippen LogP contribution >= 0.6 is 0 Å². The zero-order chi connectivity index (χ0) is 23.5. The van der Waals surface area contributed by atoms with Gasteiger partial charge in [-0.3, -0.25) is 9.79 Å². The molecule has 32 heavy (non-hydrogen) atoms. The third kappa shape index (κ3) is 5.62. The van der Waals surface area contributed by atoms with Gasteiger partial charge in [-0.25, -0.2) is 13.2 Å². The van der Waals surface area contributed by atoms with Crippen molar-refractivity contribution in [3.05, 3.63) is 47.2 Å². The summed E-state index contributed by atoms with van der Waals surface area (Å²) < 4.78 is 44.7. The van der Waals surface area contributed by atoms with Crippen LogP contribution in [-0.4, -0.2) is 68.3 Å². The Balaban J connectivity index is 1.66. The molecule has 0 spiro atoms. The van der Waals surface area contributed by atoms with E-state index >= 15 is 0 Å². The molecule has 0 amide bonds. The van der Waals surface area contributed by atoms with Crippen molar-refractivity contribution in [1.29, 1.82) is 0 Å². The predicted molar refractivity (Wildman–Crippen MR) is 118 cm³/mol. The fraction of sp³-hybridized carbons (Fsp3) is 0.565. The summed E-state index contributed by atoms with van der Waals surface area (Å²) in [6.45, 7) is 2.92. The molecule has 1 fully saturated rings. The van der Waals surface area contributed by atoms with E-state index < -0.39 is 18.7 Å². The molecule has 0 radical (unpaired) electrons. The minimum Gasteiger partial charge on any atom is -0.475 e. The van der Waals surface area contributed by atoms with Gasteiger partial charge in [0.25, 0.3) is 6.43 Å². The highest BCUT2D eigenvalue weighted by Gasteiger charge is 2.37. The SMILES string of the molecule is CNC1C=CN=C(C(=O)C2CC2)/C1=C/NCC1=CC(C)=C(OCC(C)(F)C(F)F)N(C)C1. The highest BCUT2D eigenvalue weighted by molar-refractivity contribution is 6.47. The van der Waals surface area contributed by atoms with Gasteiger partial charge in [-0.05, 0) is 45.4 Å². The van der Waals surface area contributed by atoms with Crippen molar-refractivity contribution in [2.75, 3.05) is 33.8 Å². The Morgan fingerprint density at radius 2 is 2.16 bits per heavy atom. The highest BCUT2D eigenvalue weighted by atomic mass is 19.3. The Morgan fingerprint density at radius 3 is 2.75 bits per heavy atom. The highest BCUT2D eigenvalue weighted by Crippen LogP contribution is 2.32. The molecule has 0 bridgehead atoms. The minimum atomic E-state index is -3.11. The van der Waals surface area contributed by atoms with Crippen LogP contribution in [-0.2, 0) is 9.53 Å². The van der Waals surface area contributed by atoms with E-state index in [1.54, 1.807) is 25.1 Å². The lowest BCUT2D eigenvalue weighted by Crippen LogP contribution is -2.37. The molecule has 0 saturated heterocycles. The van der Waals surface area contributed by atoms with Crippen LogP contribution in [0.1, 0.15) is 26.7 Å². The molecule has 0 aromatic heterocycles. The summed E-state index contributed by atoms with van der Waals surface area (Å²) in [6.07, 6.45) is 6.02. The Kier molecular flexibility index (Phi) is 7.48. The fourth-order valence-electron chi connectivity index (χ4n) is 3.67. The van der Waals surface area contributed by atoms with Gasteiger partial charge in [0.1, 0.15) is 12.3 Å². The topological polar surface area (TPSA) is 66.0 Å². The van der Waals surface area contributed by atoms with Crippen LogP contribution in [0.2, 0.25) is 0 Å². The second-order valence-electron chi connectivity index (χ2n) is 8.72. The number of hydrogen-bond acceptors (Lipinski definition) is 6. The largest absolute Gasteiger partial charge is 0.475 e. The first-order valence-electron chi connectivity index (χ1n) is 10.7. The Morgan fingerprint density at radius 1 is 1.44 bits per heavy atom. The standard InChI is InChI=1S/C23H31F3N4O2/c1-14-9-15(12-30(4)21(14)32-13-23(2,26)22(24)25)10-28-11-17-18(27-3)7-8-29-19(17)20(31)16-5-6-16/h7-9,11,16,18,22,27-28H,5-6,10,12-13H2,1-4H3/b17-11+. The van der Waals surface area contributed by atoms with Crippen molar-refractivity contribution >= 4 is 11.5 Å². The molecular formula is C23H31F3N4O2. The molecule has 0 aromatic rings. The van der Waals surface area contributed by atoms with Crippen molar-refractivity contribution < 1.29 is 22.7 Å². The third-order valence-corrected chi connectivity index (χ3v) is 5.66. The van der Waals surface area contributed by atoms with Crippen LogP contribution in [0.5, 0.6) is 0 Å². The van der Waals surface area contributed by atoms with E-state index in [1.807, 2.05) is 25.4 Å². The van der Waals surface area contributed by atoms with E-state index in [0.29, 0.717) is 24.7 Å². The van der Waals surface area contributed by atoms with Crippen LogP contribution in [0, 0.1) is 5.92 Å². The lowest BCUT2D eigenvalue weighted by molar-refractivity contribution is -0.114. The van der Waals surface area contributed by atoms with E-state index in [9.17, 15) is 18.0 Å². The van der Waals surface area contributed by atoms with Crippen molar-refractivity contribution in [1.82, 2.24) is 15.5 Å². The number of nitrogens with one attached hydrogen (secondary N) is 2. The van der Waals surface area contributed by atoms with Gasteiger partial charge in [-0.15, -0.1) is 0 Å². The number of allylic oxidation sites excluding steroid dienone is 2. The van der Waals surface area contributed by atoms with E-state index in [-0.39, 0.29) is 17.7 Å². The second kappa shape index (κ2) is 9.94. The summed E-state index contributed by atoms with van der Waals surface area (Å²) in [5, 5.41) is 6.46. The van der Waals surface area contributed by atoms with Crippen LogP contribution in [0.4, 0.5) is 13.2 Å². The third-order valence-electron chi connectivity index (χ3n) is 5.66. The van der Waals surface area contributed by atoms with Gasteiger partial charge in [0.15, 0.2) is 11.7 Å². The van der Waals surface area contributed by atoms with Crippen molar-refractivity contribution in [2.24, 2.45) is 10.9 Å². The molecule has 9 heteroatoms. The first-order chi connectivity index (χ1) is 15.1. The number of Topliss-reactive ketones (excluding diaryl/α,β-unsaturated/α-hetero) is 1. The van der Waals surface area contributed by atoms with Crippen molar-refractivity contribution in [3.8, 4) is 0 Å². The summed E-state index contributed by atoms with van der Waals surface area (Å²) in [6, 6.07) is -0.104. The summed E-state index contributed by atoms with van der Waals surface area (Å²) in [5.74, 6) is 0.551. The number of carbonyl (C=O) groups is 1. The molecule has 6 nitrogen and oxygen atoms in total. The molecule has 176 valence electrons. The lowest BCUT2D eigenvalue weighted by atomic mass is 9.95. The lowest BCUT2D eigenvalue weighted by Gasteiger charge is -2.31. The smallest absolute Gasteiger partial charge is 0.275 e. The first-order valence-corrected chi connectivity index (χ1v) is 10.7. The van der Waals surface area contributed by atoms with Crippen LogP contribution in [0.25, 0.3) is 0 Å². The van der Waals surface area contributed by atoms with Crippen LogP contribution < -0.4 is 10.6 Å². The molecule has 2 aliphatic heterocycles. The summed E-state index contributed by atoms with van der Waals surface area (Å²) >= 11 is 0. The van der Waals surface area contributed by atoms with E-state index in [4.69, 9.17) is 4.74 Å². The number of hydrogen-bond donors (Lipinski definition) is 2. The van der Waals surface area contributed by atoms with Gasteiger partial charge in [0, 0.05) is 49.6 Å². The monoisotopic (exact) mass is 452 g/mol. The molecule has 3 rings (SSSR count). The predicted octanol–water partition coefficient (Wildman–Crippen LogP) is 3.11. The number of ether oxygens (including phenoxy) is 1. The number of nitrogens with zero attached hydrogens (tertiary/aromatic N) is 2.